The van der Waals surface area contributed by atoms with Crippen molar-refractivity contribution >= 4 is 34.1 Å². The smallest absolute Gasteiger partial charge is 0.226 e. The summed E-state index contributed by atoms with van der Waals surface area (Å²) in [5, 5.41) is 16.3. The van der Waals surface area contributed by atoms with Crippen LogP contribution < -0.4 is 5.32 Å². The normalized spacial score (nSPS) is 11.2. The van der Waals surface area contributed by atoms with E-state index in [4.69, 9.17) is 0 Å². The summed E-state index contributed by atoms with van der Waals surface area (Å²) in [7, 11) is 1.92. The molecule has 0 atom stereocenters. The number of rotatable bonds is 6. The number of aromatic nitrogens is 4. The fourth-order valence-electron chi connectivity index (χ4n) is 2.11. The van der Waals surface area contributed by atoms with Gasteiger partial charge in [0.25, 0.3) is 0 Å². The number of anilines is 1. The van der Waals surface area contributed by atoms with Crippen LogP contribution >= 0.6 is 23.1 Å². The number of thioether (sulfide) groups is 1. The van der Waals surface area contributed by atoms with Crippen molar-refractivity contribution in [3.63, 3.8) is 0 Å². The Bertz CT molecular complexity index is 662. The summed E-state index contributed by atoms with van der Waals surface area (Å²) < 4.78 is 2.73. The maximum atomic E-state index is 12.0. The highest BCUT2D eigenvalue weighted by Crippen LogP contribution is 2.28. The van der Waals surface area contributed by atoms with Gasteiger partial charge >= 0.3 is 0 Å². The minimum Gasteiger partial charge on any atom is -0.300 e. The van der Waals surface area contributed by atoms with Crippen LogP contribution in [0.1, 0.15) is 37.2 Å². The third-order valence-corrected chi connectivity index (χ3v) is 5.18. The van der Waals surface area contributed by atoms with Crippen LogP contribution in [0.4, 0.5) is 5.13 Å². The van der Waals surface area contributed by atoms with Gasteiger partial charge in [0.15, 0.2) is 4.34 Å². The van der Waals surface area contributed by atoms with Crippen molar-refractivity contribution < 1.29 is 4.79 Å². The molecule has 0 bridgehead atoms. The molecule has 0 radical (unpaired) electrons. The number of hydrogen-bond donors (Lipinski definition) is 1. The molecule has 0 spiro atoms. The number of hydrogen-bond acceptors (Lipinski definition) is 6. The van der Waals surface area contributed by atoms with Crippen molar-refractivity contribution in [2.75, 3.05) is 5.32 Å². The van der Waals surface area contributed by atoms with Gasteiger partial charge in [0.2, 0.25) is 11.0 Å². The largest absolute Gasteiger partial charge is 0.300 e. The average Bonchev–Trinajstić information content (AvgIpc) is 2.93. The molecular weight excluding hydrogens is 318 g/mol. The second-order valence-electron chi connectivity index (χ2n) is 5.36. The maximum Gasteiger partial charge on any atom is 0.226 e. The Hall–Kier alpha value is -1.41. The van der Waals surface area contributed by atoms with Crippen LogP contribution in [0.5, 0.6) is 0 Å². The Balaban J connectivity index is 1.89. The molecule has 0 aromatic carbocycles. The van der Waals surface area contributed by atoms with E-state index in [9.17, 15) is 4.79 Å². The van der Waals surface area contributed by atoms with Crippen molar-refractivity contribution in [3.8, 4) is 0 Å². The van der Waals surface area contributed by atoms with Gasteiger partial charge in [-0.25, -0.2) is 0 Å². The summed E-state index contributed by atoms with van der Waals surface area (Å²) in [6.07, 6.45) is 1.10. The Morgan fingerprint density at radius 2 is 2.09 bits per heavy atom. The lowest BCUT2D eigenvalue weighted by Gasteiger charge is -2.02. The molecule has 2 heterocycles. The summed E-state index contributed by atoms with van der Waals surface area (Å²) in [5.41, 5.74) is 3.24. The molecule has 8 heteroatoms. The van der Waals surface area contributed by atoms with E-state index in [0.29, 0.717) is 23.2 Å². The van der Waals surface area contributed by atoms with Crippen molar-refractivity contribution in [2.45, 2.75) is 50.1 Å². The van der Waals surface area contributed by atoms with Crippen LogP contribution in [-0.4, -0.2) is 31.1 Å². The first-order valence-electron chi connectivity index (χ1n) is 7.16. The molecule has 2 aromatic heterocycles. The van der Waals surface area contributed by atoms with E-state index in [1.54, 1.807) is 11.8 Å². The Kier molecular flexibility index (Phi) is 5.57. The molecule has 6 nitrogen and oxygen atoms in total. The minimum absolute atomic E-state index is 0.0418. The van der Waals surface area contributed by atoms with E-state index in [1.165, 1.54) is 11.3 Å². The second-order valence-corrected chi connectivity index (χ2v) is 8.16. The molecule has 1 N–H and O–H groups in total. The third kappa shape index (κ3) is 4.30. The van der Waals surface area contributed by atoms with E-state index in [0.717, 1.165) is 21.3 Å². The molecule has 0 saturated carbocycles. The number of aryl methyl sites for hydroxylation is 2. The van der Waals surface area contributed by atoms with E-state index in [-0.39, 0.29) is 5.91 Å². The lowest BCUT2D eigenvalue weighted by molar-refractivity contribution is -0.116. The first-order valence-corrected chi connectivity index (χ1v) is 8.85. The molecule has 0 aliphatic rings. The third-order valence-electron chi connectivity index (χ3n) is 3.25. The highest BCUT2D eigenvalue weighted by molar-refractivity contribution is 8.01. The topological polar surface area (TPSA) is 72.7 Å². The summed E-state index contributed by atoms with van der Waals surface area (Å²) >= 11 is 3.06. The zero-order chi connectivity index (χ0) is 16.3. The number of nitrogens with one attached hydrogen (secondary N) is 1. The van der Waals surface area contributed by atoms with Gasteiger partial charge in [-0.15, -0.1) is 10.2 Å². The lowest BCUT2D eigenvalue weighted by Crippen LogP contribution is -2.12. The summed E-state index contributed by atoms with van der Waals surface area (Å²) in [6, 6.07) is 0. The molecule has 0 saturated heterocycles. The second kappa shape index (κ2) is 7.23. The lowest BCUT2D eigenvalue weighted by atomic mass is 10.1. The van der Waals surface area contributed by atoms with Crippen molar-refractivity contribution in [1.29, 1.82) is 0 Å². The van der Waals surface area contributed by atoms with Gasteiger partial charge in [0.1, 0.15) is 0 Å². The van der Waals surface area contributed by atoms with Gasteiger partial charge in [-0.05, 0) is 25.8 Å². The predicted molar refractivity (Wildman–Crippen MR) is 90.5 cm³/mol. The molecule has 0 aliphatic heterocycles. The summed E-state index contributed by atoms with van der Waals surface area (Å²) in [6.45, 7) is 8.19. The zero-order valence-electron chi connectivity index (χ0n) is 13.5. The predicted octanol–water partition coefficient (Wildman–Crippen LogP) is 2.96. The monoisotopic (exact) mass is 339 g/mol. The van der Waals surface area contributed by atoms with Crippen LogP contribution in [0.25, 0.3) is 0 Å². The first kappa shape index (κ1) is 17.0. The van der Waals surface area contributed by atoms with E-state index >= 15 is 0 Å². The number of carbonyl (C=O) groups excluding carboxylic acids is 1. The number of nitrogens with zero attached hydrogens (tertiary/aromatic N) is 4. The minimum atomic E-state index is -0.0418. The average molecular weight is 339 g/mol. The Morgan fingerprint density at radius 1 is 1.36 bits per heavy atom. The van der Waals surface area contributed by atoms with Gasteiger partial charge in [-0.2, -0.15) is 5.10 Å². The van der Waals surface area contributed by atoms with Crippen molar-refractivity contribution in [2.24, 2.45) is 7.05 Å². The van der Waals surface area contributed by atoms with Gasteiger partial charge in [-0.3, -0.25) is 9.48 Å². The van der Waals surface area contributed by atoms with E-state index in [1.807, 2.05) is 25.6 Å². The van der Waals surface area contributed by atoms with Gasteiger partial charge in [0, 0.05) is 24.4 Å². The highest BCUT2D eigenvalue weighted by atomic mass is 32.2. The zero-order valence-corrected chi connectivity index (χ0v) is 15.1. The van der Waals surface area contributed by atoms with Crippen LogP contribution in [0, 0.1) is 13.8 Å². The maximum absolute atomic E-state index is 12.0. The molecule has 2 aromatic rings. The van der Waals surface area contributed by atoms with Crippen molar-refractivity contribution in [3.05, 3.63) is 17.0 Å². The van der Waals surface area contributed by atoms with Gasteiger partial charge in [-0.1, -0.05) is 36.9 Å². The molecule has 1 amide bonds. The van der Waals surface area contributed by atoms with Crippen LogP contribution in [0.2, 0.25) is 0 Å². The van der Waals surface area contributed by atoms with Crippen LogP contribution in [-0.2, 0) is 18.3 Å². The SMILES string of the molecule is Cc1nn(C)c(C)c1CCC(=O)Nc1nnc(SC(C)C)s1. The molecule has 0 unspecified atom stereocenters. The van der Waals surface area contributed by atoms with Gasteiger partial charge in [0.05, 0.1) is 5.69 Å². The highest BCUT2D eigenvalue weighted by Gasteiger charge is 2.13. The summed E-state index contributed by atoms with van der Waals surface area (Å²) in [4.78, 5) is 12.0. The molecule has 0 aliphatic carbocycles. The fraction of sp³-hybridized carbons (Fsp3) is 0.571. The molecule has 120 valence electrons. The molecular formula is C14H21N5OS2. The van der Waals surface area contributed by atoms with Crippen LogP contribution in [0.3, 0.4) is 0 Å². The fourth-order valence-corrected chi connectivity index (χ4v) is 4.10. The molecule has 2 rings (SSSR count). The number of carbonyl (C=O) groups is 1. The Labute approximate surface area is 138 Å². The molecule has 0 fully saturated rings. The van der Waals surface area contributed by atoms with Crippen molar-refractivity contribution in [1.82, 2.24) is 20.0 Å². The number of amides is 1. The van der Waals surface area contributed by atoms with E-state index < -0.39 is 0 Å². The Morgan fingerprint density at radius 3 is 2.68 bits per heavy atom. The van der Waals surface area contributed by atoms with Crippen LogP contribution in [0.15, 0.2) is 4.34 Å². The first-order chi connectivity index (χ1) is 10.4. The molecule has 22 heavy (non-hydrogen) atoms. The van der Waals surface area contributed by atoms with Gasteiger partial charge < -0.3 is 5.32 Å². The standard InChI is InChI=1S/C14H21N5OS2/c1-8(2)21-14-17-16-13(22-14)15-12(20)7-6-11-9(3)18-19(5)10(11)4/h8H,6-7H2,1-5H3,(H,15,16,20). The quantitative estimate of drug-likeness (QED) is 0.647. The summed E-state index contributed by atoms with van der Waals surface area (Å²) in [5.74, 6) is -0.0418. The van der Waals surface area contributed by atoms with E-state index in [2.05, 4.69) is 34.5 Å².